The average Bonchev–Trinajstić information content (AvgIpc) is 2.45. The second-order valence-electron chi connectivity index (χ2n) is 4.81. The molecule has 0 saturated heterocycles. The number of nitrogens with one attached hydrogen (secondary N) is 1. The van der Waals surface area contributed by atoms with Gasteiger partial charge < -0.3 is 5.32 Å². The van der Waals surface area contributed by atoms with Crippen molar-refractivity contribution in [1.82, 2.24) is 5.32 Å². The highest BCUT2D eigenvalue weighted by atomic mass is 16.1. The molecule has 1 amide bonds. The van der Waals surface area contributed by atoms with Crippen molar-refractivity contribution in [3.05, 3.63) is 70.3 Å². The summed E-state index contributed by atoms with van der Waals surface area (Å²) in [5.74, 6) is -0.0927. The van der Waals surface area contributed by atoms with Gasteiger partial charge in [-0.2, -0.15) is 5.26 Å². The quantitative estimate of drug-likeness (QED) is 0.926. The lowest BCUT2D eigenvalue weighted by Gasteiger charge is -2.08. The molecule has 0 aliphatic rings. The second kappa shape index (κ2) is 6.03. The third kappa shape index (κ3) is 3.24. The molecule has 3 heteroatoms. The van der Waals surface area contributed by atoms with E-state index < -0.39 is 0 Å². The summed E-state index contributed by atoms with van der Waals surface area (Å²) in [5.41, 5.74) is 4.31. The molecule has 0 fully saturated rings. The Morgan fingerprint density at radius 1 is 1.20 bits per heavy atom. The summed E-state index contributed by atoms with van der Waals surface area (Å²) in [5, 5.41) is 11.7. The molecule has 20 heavy (non-hydrogen) atoms. The maximum Gasteiger partial charge on any atom is 0.251 e. The number of rotatable bonds is 3. The normalized spacial score (nSPS) is 9.85. The van der Waals surface area contributed by atoms with E-state index in [-0.39, 0.29) is 5.91 Å². The first kappa shape index (κ1) is 13.8. The molecule has 0 aromatic heterocycles. The van der Waals surface area contributed by atoms with E-state index in [1.54, 1.807) is 12.1 Å². The molecule has 2 aromatic rings. The zero-order valence-electron chi connectivity index (χ0n) is 11.6. The molecule has 0 spiro atoms. The first-order valence-electron chi connectivity index (χ1n) is 6.44. The van der Waals surface area contributed by atoms with Gasteiger partial charge in [0.05, 0.1) is 11.6 Å². The first-order valence-corrected chi connectivity index (χ1v) is 6.44. The predicted molar refractivity (Wildman–Crippen MR) is 78.2 cm³/mol. The molecule has 3 nitrogen and oxygen atoms in total. The van der Waals surface area contributed by atoms with Crippen molar-refractivity contribution in [1.29, 1.82) is 5.26 Å². The van der Waals surface area contributed by atoms with Gasteiger partial charge in [0.15, 0.2) is 0 Å². The van der Waals surface area contributed by atoms with E-state index in [0.717, 1.165) is 16.7 Å². The average molecular weight is 264 g/mol. The predicted octanol–water partition coefficient (Wildman–Crippen LogP) is 3.11. The van der Waals surface area contributed by atoms with Gasteiger partial charge in [-0.3, -0.25) is 4.79 Å². The number of hydrogen-bond acceptors (Lipinski definition) is 2. The van der Waals surface area contributed by atoms with Gasteiger partial charge in [-0.05, 0) is 43.2 Å². The monoisotopic (exact) mass is 264 g/mol. The maximum absolute atomic E-state index is 12.1. The van der Waals surface area contributed by atoms with Crippen LogP contribution in [0.25, 0.3) is 0 Å². The van der Waals surface area contributed by atoms with Gasteiger partial charge in [0.25, 0.3) is 5.91 Å². The van der Waals surface area contributed by atoms with Crippen molar-refractivity contribution in [2.45, 2.75) is 20.4 Å². The SMILES string of the molecule is Cc1ccc(C(=O)NCc2cccc(C#N)c2)c(C)c1. The van der Waals surface area contributed by atoms with E-state index in [1.807, 2.05) is 44.2 Å². The number of carbonyl (C=O) groups excluding carboxylic acids is 1. The number of nitrogens with zero attached hydrogens (tertiary/aromatic N) is 1. The fraction of sp³-hybridized carbons (Fsp3) is 0.176. The third-order valence-corrected chi connectivity index (χ3v) is 3.14. The van der Waals surface area contributed by atoms with Crippen LogP contribution in [0.5, 0.6) is 0 Å². The number of hydrogen-bond donors (Lipinski definition) is 1. The Labute approximate surface area is 118 Å². The van der Waals surface area contributed by atoms with E-state index >= 15 is 0 Å². The number of amides is 1. The molecule has 0 radical (unpaired) electrons. The van der Waals surface area contributed by atoms with Gasteiger partial charge >= 0.3 is 0 Å². The summed E-state index contributed by atoms with van der Waals surface area (Å²) in [4.78, 5) is 12.1. The van der Waals surface area contributed by atoms with E-state index in [1.165, 1.54) is 0 Å². The third-order valence-electron chi connectivity index (χ3n) is 3.14. The van der Waals surface area contributed by atoms with Gasteiger partial charge in [-0.1, -0.05) is 29.8 Å². The smallest absolute Gasteiger partial charge is 0.251 e. The van der Waals surface area contributed by atoms with Crippen LogP contribution in [0.2, 0.25) is 0 Å². The van der Waals surface area contributed by atoms with Crippen molar-refractivity contribution in [3.8, 4) is 6.07 Å². The zero-order chi connectivity index (χ0) is 14.5. The fourth-order valence-corrected chi connectivity index (χ4v) is 2.10. The molecule has 2 aromatic carbocycles. The summed E-state index contributed by atoms with van der Waals surface area (Å²) in [6, 6.07) is 15.1. The van der Waals surface area contributed by atoms with Crippen LogP contribution < -0.4 is 5.32 Å². The molecule has 0 unspecified atom stereocenters. The molecule has 0 saturated carbocycles. The minimum absolute atomic E-state index is 0.0927. The Bertz CT molecular complexity index is 684. The van der Waals surface area contributed by atoms with E-state index in [9.17, 15) is 4.79 Å². The van der Waals surface area contributed by atoms with Crippen LogP contribution >= 0.6 is 0 Å². The van der Waals surface area contributed by atoms with Gasteiger partial charge in [0.1, 0.15) is 0 Å². The van der Waals surface area contributed by atoms with Crippen molar-refractivity contribution < 1.29 is 4.79 Å². The minimum atomic E-state index is -0.0927. The lowest BCUT2D eigenvalue weighted by Crippen LogP contribution is -2.23. The highest BCUT2D eigenvalue weighted by molar-refractivity contribution is 5.95. The molecule has 2 rings (SSSR count). The lowest BCUT2D eigenvalue weighted by atomic mass is 10.1. The molecule has 1 N–H and O–H groups in total. The van der Waals surface area contributed by atoms with E-state index in [0.29, 0.717) is 17.7 Å². The van der Waals surface area contributed by atoms with Gasteiger partial charge in [0, 0.05) is 12.1 Å². The molecule has 0 bridgehead atoms. The maximum atomic E-state index is 12.1. The van der Waals surface area contributed by atoms with Crippen LogP contribution in [0.15, 0.2) is 42.5 Å². The summed E-state index contributed by atoms with van der Waals surface area (Å²) >= 11 is 0. The Morgan fingerprint density at radius 2 is 2.00 bits per heavy atom. The van der Waals surface area contributed by atoms with E-state index in [2.05, 4.69) is 11.4 Å². The van der Waals surface area contributed by atoms with Crippen molar-refractivity contribution in [2.24, 2.45) is 0 Å². The van der Waals surface area contributed by atoms with Crippen molar-refractivity contribution in [2.75, 3.05) is 0 Å². The Morgan fingerprint density at radius 3 is 2.70 bits per heavy atom. The number of aryl methyl sites for hydroxylation is 2. The molecule has 0 aliphatic carbocycles. The zero-order valence-corrected chi connectivity index (χ0v) is 11.6. The minimum Gasteiger partial charge on any atom is -0.348 e. The van der Waals surface area contributed by atoms with Gasteiger partial charge in [-0.25, -0.2) is 0 Å². The largest absolute Gasteiger partial charge is 0.348 e. The first-order chi connectivity index (χ1) is 9.60. The van der Waals surface area contributed by atoms with Crippen molar-refractivity contribution >= 4 is 5.91 Å². The molecule has 0 heterocycles. The van der Waals surface area contributed by atoms with Crippen LogP contribution in [0.4, 0.5) is 0 Å². The summed E-state index contributed by atoms with van der Waals surface area (Å²) in [6.07, 6.45) is 0. The Kier molecular flexibility index (Phi) is 4.17. The van der Waals surface area contributed by atoms with Crippen LogP contribution in [-0.4, -0.2) is 5.91 Å². The number of nitriles is 1. The van der Waals surface area contributed by atoms with E-state index in [4.69, 9.17) is 5.26 Å². The topological polar surface area (TPSA) is 52.9 Å². The summed E-state index contributed by atoms with van der Waals surface area (Å²) in [7, 11) is 0. The van der Waals surface area contributed by atoms with Crippen LogP contribution in [0.3, 0.4) is 0 Å². The van der Waals surface area contributed by atoms with Gasteiger partial charge in [0.2, 0.25) is 0 Å². The highest BCUT2D eigenvalue weighted by Gasteiger charge is 2.08. The van der Waals surface area contributed by atoms with Crippen LogP contribution in [0.1, 0.15) is 32.6 Å². The molecule has 100 valence electrons. The second-order valence-corrected chi connectivity index (χ2v) is 4.81. The molecular weight excluding hydrogens is 248 g/mol. The lowest BCUT2D eigenvalue weighted by molar-refractivity contribution is 0.0950. The van der Waals surface area contributed by atoms with Gasteiger partial charge in [-0.15, -0.1) is 0 Å². The van der Waals surface area contributed by atoms with Crippen LogP contribution in [0, 0.1) is 25.2 Å². The standard InChI is InChI=1S/C17H16N2O/c1-12-6-7-16(13(2)8-12)17(20)19-11-15-5-3-4-14(9-15)10-18/h3-9H,11H2,1-2H3,(H,19,20). The van der Waals surface area contributed by atoms with Crippen molar-refractivity contribution in [3.63, 3.8) is 0 Å². The molecular formula is C17H16N2O. The number of benzene rings is 2. The fourth-order valence-electron chi connectivity index (χ4n) is 2.10. The Hall–Kier alpha value is -2.60. The summed E-state index contributed by atoms with van der Waals surface area (Å²) < 4.78 is 0. The highest BCUT2D eigenvalue weighted by Crippen LogP contribution is 2.11. The Balaban J connectivity index is 2.07. The summed E-state index contributed by atoms with van der Waals surface area (Å²) in [6.45, 7) is 4.35. The van der Waals surface area contributed by atoms with Crippen LogP contribution in [-0.2, 0) is 6.54 Å². The number of carbonyl (C=O) groups is 1. The molecule has 0 aliphatic heterocycles. The molecule has 0 atom stereocenters.